The molecule has 5 atom stereocenters. The Labute approximate surface area is 134 Å². The van der Waals surface area contributed by atoms with Crippen LogP contribution in [0.15, 0.2) is 0 Å². The minimum absolute atomic E-state index is 0.116. The number of piperidine rings is 1. The Morgan fingerprint density at radius 2 is 1.73 bits per heavy atom. The van der Waals surface area contributed by atoms with Crippen LogP contribution in [0.3, 0.4) is 0 Å². The number of carbonyl (C=O) groups excluding carboxylic acids is 1. The molecule has 0 aromatic heterocycles. The summed E-state index contributed by atoms with van der Waals surface area (Å²) in [5.74, 6) is 0.703. The van der Waals surface area contributed by atoms with Gasteiger partial charge in [-0.1, -0.05) is 20.8 Å². The average molecular weight is 312 g/mol. The lowest BCUT2D eigenvalue weighted by Crippen LogP contribution is -2.59. The topological polar surface area (TPSA) is 53.0 Å². The van der Waals surface area contributed by atoms with Crippen LogP contribution in [0.5, 0.6) is 0 Å². The van der Waals surface area contributed by atoms with Gasteiger partial charge in [-0.2, -0.15) is 0 Å². The molecule has 1 amide bonds. The second kappa shape index (κ2) is 7.28. The molecule has 2 aliphatic heterocycles. The van der Waals surface area contributed by atoms with E-state index in [1.807, 2.05) is 4.90 Å². The molecule has 2 heterocycles. The predicted molar refractivity (Wildman–Crippen MR) is 86.6 cm³/mol. The quantitative estimate of drug-likeness (QED) is 0.855. The number of hydrogen-bond acceptors (Lipinski definition) is 4. The number of aliphatic hydroxyl groups excluding tert-OH is 1. The Morgan fingerprint density at radius 3 is 2.23 bits per heavy atom. The van der Waals surface area contributed by atoms with Crippen molar-refractivity contribution in [3.8, 4) is 0 Å². The summed E-state index contributed by atoms with van der Waals surface area (Å²) in [7, 11) is 0. The summed E-state index contributed by atoms with van der Waals surface area (Å²) in [4.78, 5) is 17.2. The van der Waals surface area contributed by atoms with Crippen molar-refractivity contribution in [3.05, 3.63) is 0 Å². The summed E-state index contributed by atoms with van der Waals surface area (Å²) in [6, 6.07) is -0.116. The van der Waals surface area contributed by atoms with Gasteiger partial charge < -0.3 is 14.7 Å². The standard InChI is InChI=1S/C17H32N2O3/c1-11(2)16(19-8-13(4)22-14(5)9-19)17(21)18-7-6-12(3)15(20)10-18/h11-16,20H,6-10H2,1-5H3. The molecule has 0 spiro atoms. The van der Waals surface area contributed by atoms with Gasteiger partial charge in [-0.25, -0.2) is 0 Å². The maximum atomic E-state index is 13.0. The highest BCUT2D eigenvalue weighted by atomic mass is 16.5. The summed E-state index contributed by atoms with van der Waals surface area (Å²) in [6.45, 7) is 13.2. The fourth-order valence-corrected chi connectivity index (χ4v) is 3.74. The molecule has 2 saturated heterocycles. The Bertz CT molecular complexity index is 378. The number of aliphatic hydroxyl groups is 1. The Hall–Kier alpha value is -0.650. The van der Waals surface area contributed by atoms with Crippen molar-refractivity contribution in [2.45, 2.75) is 65.4 Å². The van der Waals surface area contributed by atoms with Crippen molar-refractivity contribution in [2.24, 2.45) is 11.8 Å². The predicted octanol–water partition coefficient (Wildman–Crippen LogP) is 1.35. The summed E-state index contributed by atoms with van der Waals surface area (Å²) in [5.41, 5.74) is 0. The van der Waals surface area contributed by atoms with Crippen LogP contribution in [0.1, 0.15) is 41.0 Å². The number of hydrogen-bond donors (Lipinski definition) is 1. The normalized spacial score (nSPS) is 35.7. The molecule has 5 heteroatoms. The number of carbonyl (C=O) groups is 1. The molecule has 22 heavy (non-hydrogen) atoms. The molecule has 128 valence electrons. The van der Waals surface area contributed by atoms with Crippen molar-refractivity contribution in [3.63, 3.8) is 0 Å². The van der Waals surface area contributed by atoms with Crippen molar-refractivity contribution in [1.82, 2.24) is 9.80 Å². The molecule has 2 fully saturated rings. The van der Waals surface area contributed by atoms with Gasteiger partial charge >= 0.3 is 0 Å². The monoisotopic (exact) mass is 312 g/mol. The molecule has 2 rings (SSSR count). The average Bonchev–Trinajstić information content (AvgIpc) is 2.40. The number of rotatable bonds is 3. The van der Waals surface area contributed by atoms with Crippen molar-refractivity contribution in [2.75, 3.05) is 26.2 Å². The second-order valence-corrected chi connectivity index (χ2v) is 7.52. The third-order valence-electron chi connectivity index (χ3n) is 4.96. The number of β-amino-alcohol motifs (C(OH)–C–C–N with tert-alkyl or cyclic N) is 1. The van der Waals surface area contributed by atoms with Crippen LogP contribution < -0.4 is 0 Å². The van der Waals surface area contributed by atoms with Gasteiger partial charge in [0.05, 0.1) is 24.4 Å². The van der Waals surface area contributed by atoms with E-state index in [2.05, 4.69) is 39.5 Å². The van der Waals surface area contributed by atoms with Crippen LogP contribution in [0.2, 0.25) is 0 Å². The van der Waals surface area contributed by atoms with E-state index < -0.39 is 6.10 Å². The first-order valence-corrected chi connectivity index (χ1v) is 8.66. The van der Waals surface area contributed by atoms with Crippen LogP contribution in [0.4, 0.5) is 0 Å². The molecular weight excluding hydrogens is 280 g/mol. The van der Waals surface area contributed by atoms with Gasteiger partial charge in [0.2, 0.25) is 5.91 Å². The van der Waals surface area contributed by atoms with Gasteiger partial charge in [0.25, 0.3) is 0 Å². The van der Waals surface area contributed by atoms with Crippen molar-refractivity contribution in [1.29, 1.82) is 0 Å². The molecule has 0 saturated carbocycles. The molecule has 1 N–H and O–H groups in total. The van der Waals surface area contributed by atoms with Gasteiger partial charge in [0, 0.05) is 26.2 Å². The largest absolute Gasteiger partial charge is 0.391 e. The molecule has 0 radical (unpaired) electrons. The maximum Gasteiger partial charge on any atom is 0.240 e. The molecule has 5 unspecified atom stereocenters. The van der Waals surface area contributed by atoms with Crippen LogP contribution in [0.25, 0.3) is 0 Å². The van der Waals surface area contributed by atoms with Crippen LogP contribution in [0, 0.1) is 11.8 Å². The molecule has 0 aliphatic carbocycles. The lowest BCUT2D eigenvalue weighted by molar-refractivity contribution is -0.149. The minimum Gasteiger partial charge on any atom is -0.391 e. The molecule has 5 nitrogen and oxygen atoms in total. The summed E-state index contributed by atoms with van der Waals surface area (Å²) < 4.78 is 5.80. The highest BCUT2D eigenvalue weighted by molar-refractivity contribution is 5.82. The van der Waals surface area contributed by atoms with Gasteiger partial charge in [0.15, 0.2) is 0 Å². The summed E-state index contributed by atoms with van der Waals surface area (Å²) in [6.07, 6.45) is 0.802. The Balaban J connectivity index is 2.08. The second-order valence-electron chi connectivity index (χ2n) is 7.52. The summed E-state index contributed by atoms with van der Waals surface area (Å²) in [5, 5.41) is 10.1. The Morgan fingerprint density at radius 1 is 1.14 bits per heavy atom. The fourth-order valence-electron chi connectivity index (χ4n) is 3.74. The lowest BCUT2D eigenvalue weighted by Gasteiger charge is -2.44. The number of amides is 1. The van der Waals surface area contributed by atoms with E-state index >= 15 is 0 Å². The van der Waals surface area contributed by atoms with E-state index in [9.17, 15) is 9.90 Å². The smallest absolute Gasteiger partial charge is 0.240 e. The molecule has 0 bridgehead atoms. The van der Waals surface area contributed by atoms with E-state index in [1.165, 1.54) is 0 Å². The first-order chi connectivity index (χ1) is 10.3. The van der Waals surface area contributed by atoms with E-state index in [0.29, 0.717) is 6.54 Å². The fraction of sp³-hybridized carbons (Fsp3) is 0.941. The van der Waals surface area contributed by atoms with E-state index in [4.69, 9.17) is 4.74 Å². The SMILES string of the molecule is CC1CN(C(C(=O)N2CCC(C)C(O)C2)C(C)C)CC(C)O1. The first kappa shape index (κ1) is 17.7. The van der Waals surface area contributed by atoms with Crippen LogP contribution in [-0.4, -0.2) is 71.3 Å². The Kier molecular flexibility index (Phi) is 5.86. The van der Waals surface area contributed by atoms with Gasteiger partial charge in [-0.05, 0) is 32.1 Å². The maximum absolute atomic E-state index is 13.0. The first-order valence-electron chi connectivity index (χ1n) is 8.66. The third-order valence-corrected chi connectivity index (χ3v) is 4.96. The zero-order valence-electron chi connectivity index (χ0n) is 14.7. The van der Waals surface area contributed by atoms with Gasteiger partial charge in [-0.3, -0.25) is 9.69 Å². The number of morpholine rings is 1. The van der Waals surface area contributed by atoms with E-state index in [0.717, 1.165) is 26.1 Å². The molecule has 0 aromatic carbocycles. The van der Waals surface area contributed by atoms with E-state index in [-0.39, 0.29) is 36.0 Å². The van der Waals surface area contributed by atoms with Crippen molar-refractivity contribution >= 4 is 5.91 Å². The number of nitrogens with zero attached hydrogens (tertiary/aromatic N) is 2. The van der Waals surface area contributed by atoms with E-state index in [1.54, 1.807) is 0 Å². The third kappa shape index (κ3) is 4.00. The molecule has 2 aliphatic rings. The zero-order valence-corrected chi connectivity index (χ0v) is 14.7. The molecular formula is C17H32N2O3. The summed E-state index contributed by atoms with van der Waals surface area (Å²) >= 11 is 0. The van der Waals surface area contributed by atoms with Gasteiger partial charge in [-0.15, -0.1) is 0 Å². The minimum atomic E-state index is -0.395. The van der Waals surface area contributed by atoms with Crippen LogP contribution in [-0.2, 0) is 9.53 Å². The highest BCUT2D eigenvalue weighted by Gasteiger charge is 2.38. The van der Waals surface area contributed by atoms with Crippen molar-refractivity contribution < 1.29 is 14.6 Å². The zero-order chi connectivity index (χ0) is 16.4. The molecule has 0 aromatic rings. The number of ether oxygens (including phenoxy) is 1. The van der Waals surface area contributed by atoms with Crippen LogP contribution >= 0.6 is 0 Å². The lowest BCUT2D eigenvalue weighted by atomic mass is 9.93. The van der Waals surface area contributed by atoms with Gasteiger partial charge in [0.1, 0.15) is 0 Å². The highest BCUT2D eigenvalue weighted by Crippen LogP contribution is 2.23. The number of likely N-dealkylation sites (tertiary alicyclic amines) is 1.